The van der Waals surface area contributed by atoms with Crippen molar-refractivity contribution in [1.29, 1.82) is 0 Å². The number of hydrogen-bond acceptors (Lipinski definition) is 5. The maximum atomic E-state index is 12.0. The first-order chi connectivity index (χ1) is 10.4. The number of nitrogens with zero attached hydrogens (tertiary/aromatic N) is 1. The predicted molar refractivity (Wildman–Crippen MR) is 82.5 cm³/mol. The molecule has 0 aromatic heterocycles. The second-order valence-electron chi connectivity index (χ2n) is 5.04. The first kappa shape index (κ1) is 15.5. The van der Waals surface area contributed by atoms with E-state index >= 15 is 0 Å². The molecule has 0 radical (unpaired) electrons. The van der Waals surface area contributed by atoms with E-state index in [1.165, 1.54) is 12.1 Å². The Morgan fingerprint density at radius 3 is 2.64 bits per heavy atom. The molecule has 2 rings (SSSR count). The van der Waals surface area contributed by atoms with Gasteiger partial charge in [-0.2, -0.15) is 0 Å². The highest BCUT2D eigenvalue weighted by molar-refractivity contribution is 5.91. The molecular formula is C16H16N2O4. The number of nitro groups is 1. The number of hydrogen-bond donors (Lipinski definition) is 1. The van der Waals surface area contributed by atoms with E-state index in [4.69, 9.17) is 10.5 Å². The normalized spacial score (nSPS) is 10.3. The molecule has 0 aliphatic rings. The van der Waals surface area contributed by atoms with Gasteiger partial charge in [0, 0.05) is 6.07 Å². The third-order valence-corrected chi connectivity index (χ3v) is 3.33. The lowest BCUT2D eigenvalue weighted by Gasteiger charge is -2.09. The third-order valence-electron chi connectivity index (χ3n) is 3.33. The molecule has 0 amide bonds. The van der Waals surface area contributed by atoms with E-state index in [1.54, 1.807) is 0 Å². The molecule has 114 valence electrons. The van der Waals surface area contributed by atoms with E-state index < -0.39 is 10.9 Å². The van der Waals surface area contributed by atoms with E-state index in [2.05, 4.69) is 0 Å². The molecule has 2 aromatic carbocycles. The second-order valence-corrected chi connectivity index (χ2v) is 5.04. The number of esters is 1. The lowest BCUT2D eigenvalue weighted by atomic mass is 10.1. The summed E-state index contributed by atoms with van der Waals surface area (Å²) >= 11 is 0. The zero-order valence-electron chi connectivity index (χ0n) is 12.3. The minimum Gasteiger partial charge on any atom is -0.457 e. The van der Waals surface area contributed by atoms with Crippen molar-refractivity contribution in [3.05, 3.63) is 68.8 Å². The van der Waals surface area contributed by atoms with E-state index in [9.17, 15) is 14.9 Å². The molecule has 0 saturated heterocycles. The highest BCUT2D eigenvalue weighted by Crippen LogP contribution is 2.23. The quantitative estimate of drug-likeness (QED) is 0.405. The molecule has 2 aromatic rings. The average Bonchev–Trinajstić information content (AvgIpc) is 2.48. The van der Waals surface area contributed by atoms with Crippen molar-refractivity contribution < 1.29 is 14.5 Å². The van der Waals surface area contributed by atoms with Gasteiger partial charge in [-0.3, -0.25) is 10.1 Å². The Morgan fingerprint density at radius 2 is 1.95 bits per heavy atom. The smallest absolute Gasteiger partial charge is 0.338 e. The average molecular weight is 300 g/mol. The van der Waals surface area contributed by atoms with Gasteiger partial charge < -0.3 is 10.5 Å². The Hall–Kier alpha value is -2.89. The molecule has 0 aliphatic carbocycles. The Balaban J connectivity index is 2.14. The van der Waals surface area contributed by atoms with Crippen LogP contribution in [0, 0.1) is 24.0 Å². The number of nitrogen functional groups attached to an aromatic ring is 1. The Labute approximate surface area is 127 Å². The SMILES string of the molecule is Cc1ccc(C)c(COC(=O)c2ccc(N)c([N+](=O)[O-])c2)c1. The number of aryl methyl sites for hydroxylation is 2. The summed E-state index contributed by atoms with van der Waals surface area (Å²) in [6.07, 6.45) is 0. The molecule has 22 heavy (non-hydrogen) atoms. The number of benzene rings is 2. The van der Waals surface area contributed by atoms with E-state index in [0.29, 0.717) is 0 Å². The summed E-state index contributed by atoms with van der Waals surface area (Å²) < 4.78 is 5.22. The number of nitro benzene ring substituents is 1. The predicted octanol–water partition coefficient (Wildman–Crippen LogP) is 3.15. The lowest BCUT2D eigenvalue weighted by molar-refractivity contribution is -0.383. The fourth-order valence-corrected chi connectivity index (χ4v) is 2.01. The third kappa shape index (κ3) is 3.41. The van der Waals surface area contributed by atoms with Crippen molar-refractivity contribution in [3.8, 4) is 0 Å². The highest BCUT2D eigenvalue weighted by atomic mass is 16.6. The molecule has 0 aliphatic heterocycles. The molecule has 6 nitrogen and oxygen atoms in total. The molecule has 0 bridgehead atoms. The fraction of sp³-hybridized carbons (Fsp3) is 0.188. The fourth-order valence-electron chi connectivity index (χ4n) is 2.01. The van der Waals surface area contributed by atoms with Crippen LogP contribution in [0.15, 0.2) is 36.4 Å². The second kappa shape index (κ2) is 6.26. The van der Waals surface area contributed by atoms with E-state index in [-0.39, 0.29) is 23.5 Å². The van der Waals surface area contributed by atoms with Crippen LogP contribution in [-0.2, 0) is 11.3 Å². The van der Waals surface area contributed by atoms with Gasteiger partial charge in [0.25, 0.3) is 5.69 Å². The summed E-state index contributed by atoms with van der Waals surface area (Å²) in [5, 5.41) is 10.8. The first-order valence-electron chi connectivity index (χ1n) is 6.65. The summed E-state index contributed by atoms with van der Waals surface area (Å²) in [6.45, 7) is 4.00. The van der Waals surface area contributed by atoms with E-state index in [1.807, 2.05) is 32.0 Å². The topological polar surface area (TPSA) is 95.5 Å². The van der Waals surface area contributed by atoms with Gasteiger partial charge in [0.1, 0.15) is 12.3 Å². The maximum Gasteiger partial charge on any atom is 0.338 e. The Bertz CT molecular complexity index is 741. The maximum absolute atomic E-state index is 12.0. The van der Waals surface area contributed by atoms with Crippen molar-refractivity contribution >= 4 is 17.3 Å². The summed E-state index contributed by atoms with van der Waals surface area (Å²) in [5.41, 5.74) is 8.29. The zero-order valence-corrected chi connectivity index (χ0v) is 12.3. The number of ether oxygens (including phenoxy) is 1. The summed E-state index contributed by atoms with van der Waals surface area (Å²) in [7, 11) is 0. The van der Waals surface area contributed by atoms with Crippen molar-refractivity contribution in [3.63, 3.8) is 0 Å². The van der Waals surface area contributed by atoms with Crippen LogP contribution in [0.2, 0.25) is 0 Å². The van der Waals surface area contributed by atoms with Crippen LogP contribution in [0.3, 0.4) is 0 Å². The molecule has 0 spiro atoms. The molecule has 0 unspecified atom stereocenters. The monoisotopic (exact) mass is 300 g/mol. The molecule has 0 atom stereocenters. The zero-order chi connectivity index (χ0) is 16.3. The lowest BCUT2D eigenvalue weighted by Crippen LogP contribution is -2.07. The van der Waals surface area contributed by atoms with Gasteiger partial charge in [0.2, 0.25) is 0 Å². The number of carbonyl (C=O) groups is 1. The standard InChI is InChI=1S/C16H16N2O4/c1-10-3-4-11(2)13(7-10)9-22-16(19)12-5-6-14(17)15(8-12)18(20)21/h3-8H,9,17H2,1-2H3. The van der Waals surface area contributed by atoms with Crippen molar-refractivity contribution in [2.24, 2.45) is 0 Å². The summed E-state index contributed by atoms with van der Waals surface area (Å²) in [4.78, 5) is 22.2. The minimum atomic E-state index is -0.628. The molecule has 0 fully saturated rings. The molecule has 0 saturated carbocycles. The number of rotatable bonds is 4. The van der Waals surface area contributed by atoms with Gasteiger partial charge in [-0.05, 0) is 37.1 Å². The van der Waals surface area contributed by atoms with Gasteiger partial charge >= 0.3 is 5.97 Å². The number of anilines is 1. The molecule has 0 heterocycles. The molecule has 6 heteroatoms. The van der Waals surface area contributed by atoms with Crippen LogP contribution in [0.1, 0.15) is 27.0 Å². The van der Waals surface area contributed by atoms with Gasteiger partial charge in [0.05, 0.1) is 10.5 Å². The van der Waals surface area contributed by atoms with Gasteiger partial charge in [-0.1, -0.05) is 23.8 Å². The van der Waals surface area contributed by atoms with E-state index in [0.717, 1.165) is 22.8 Å². The van der Waals surface area contributed by atoms with Gasteiger partial charge in [-0.15, -0.1) is 0 Å². The van der Waals surface area contributed by atoms with Crippen molar-refractivity contribution in [1.82, 2.24) is 0 Å². The number of nitrogens with two attached hydrogens (primary N) is 1. The molecular weight excluding hydrogens is 284 g/mol. The number of carbonyl (C=O) groups excluding carboxylic acids is 1. The van der Waals surface area contributed by atoms with Crippen molar-refractivity contribution in [2.45, 2.75) is 20.5 Å². The van der Waals surface area contributed by atoms with Crippen molar-refractivity contribution in [2.75, 3.05) is 5.73 Å². The highest BCUT2D eigenvalue weighted by Gasteiger charge is 2.16. The largest absolute Gasteiger partial charge is 0.457 e. The Kier molecular flexibility index (Phi) is 4.41. The Morgan fingerprint density at radius 1 is 1.23 bits per heavy atom. The minimum absolute atomic E-state index is 0.0103. The van der Waals surface area contributed by atoms with Crippen LogP contribution in [0.25, 0.3) is 0 Å². The van der Waals surface area contributed by atoms with Crippen LogP contribution in [0.5, 0.6) is 0 Å². The van der Waals surface area contributed by atoms with Crippen LogP contribution >= 0.6 is 0 Å². The van der Waals surface area contributed by atoms with Gasteiger partial charge in [-0.25, -0.2) is 4.79 Å². The van der Waals surface area contributed by atoms with Crippen LogP contribution in [0.4, 0.5) is 11.4 Å². The van der Waals surface area contributed by atoms with Gasteiger partial charge in [0.15, 0.2) is 0 Å². The van der Waals surface area contributed by atoms with Crippen LogP contribution < -0.4 is 5.73 Å². The summed E-state index contributed by atoms with van der Waals surface area (Å²) in [5.74, 6) is -0.621. The summed E-state index contributed by atoms with van der Waals surface area (Å²) in [6, 6.07) is 9.73. The first-order valence-corrected chi connectivity index (χ1v) is 6.65. The van der Waals surface area contributed by atoms with Crippen LogP contribution in [-0.4, -0.2) is 10.9 Å². The molecule has 2 N–H and O–H groups in total.